The van der Waals surface area contributed by atoms with Crippen LogP contribution in [-0.2, 0) is 9.59 Å². The average Bonchev–Trinajstić information content (AvgIpc) is 3.13. The van der Waals surface area contributed by atoms with Gasteiger partial charge in [-0.15, -0.1) is 0 Å². The lowest BCUT2D eigenvalue weighted by Crippen LogP contribution is -2.57. The first kappa shape index (κ1) is 12.7. The summed E-state index contributed by atoms with van der Waals surface area (Å²) in [6.45, 7) is 1.90. The monoisotopic (exact) mass is 257 g/mol. The summed E-state index contributed by atoms with van der Waals surface area (Å²) in [5, 5.41) is 12.2. The van der Waals surface area contributed by atoms with E-state index in [9.17, 15) is 14.7 Å². The lowest BCUT2D eigenvalue weighted by atomic mass is 9.91. The third-order valence-corrected chi connectivity index (χ3v) is 4.85. The number of hydrogen-bond donors (Lipinski definition) is 2. The van der Waals surface area contributed by atoms with Crippen LogP contribution in [0.3, 0.4) is 0 Å². The van der Waals surface area contributed by atoms with Crippen molar-refractivity contribution in [2.45, 2.75) is 38.1 Å². The van der Waals surface area contributed by atoms with Crippen molar-refractivity contribution < 1.29 is 14.7 Å². The van der Waals surface area contributed by atoms with Crippen molar-refractivity contribution in [3.63, 3.8) is 0 Å². The molecule has 0 radical (unpaired) electrons. The highest BCUT2D eigenvalue weighted by Crippen LogP contribution is 2.37. The Balaban J connectivity index is 2.01. The van der Waals surface area contributed by atoms with E-state index >= 15 is 0 Å². The third-order valence-electron chi connectivity index (χ3n) is 3.86. The Morgan fingerprint density at radius 3 is 2.41 bits per heavy atom. The molecule has 0 aromatic carbocycles. The van der Waals surface area contributed by atoms with Crippen LogP contribution in [0.25, 0.3) is 0 Å². The molecule has 0 aromatic rings. The molecule has 1 unspecified atom stereocenters. The van der Waals surface area contributed by atoms with E-state index < -0.39 is 11.5 Å². The molecule has 1 aliphatic heterocycles. The SMILES string of the molecule is CC(C(=O)NC1(C(=O)O)CCSCC1)C1CC1. The molecule has 0 bridgehead atoms. The van der Waals surface area contributed by atoms with Crippen LogP contribution in [0.1, 0.15) is 32.6 Å². The molecule has 0 aromatic heterocycles. The Morgan fingerprint density at radius 2 is 1.94 bits per heavy atom. The van der Waals surface area contributed by atoms with Gasteiger partial charge in [0.15, 0.2) is 0 Å². The molecule has 1 atom stereocenters. The van der Waals surface area contributed by atoms with Crippen LogP contribution in [0.4, 0.5) is 0 Å². The van der Waals surface area contributed by atoms with E-state index in [0.717, 1.165) is 24.3 Å². The lowest BCUT2D eigenvalue weighted by Gasteiger charge is -2.34. The van der Waals surface area contributed by atoms with Crippen molar-refractivity contribution in [1.82, 2.24) is 5.32 Å². The summed E-state index contributed by atoms with van der Waals surface area (Å²) < 4.78 is 0. The number of carboxylic acid groups (broad SMARTS) is 1. The number of rotatable bonds is 4. The molecule has 1 amide bonds. The Bertz CT molecular complexity index is 322. The normalized spacial score (nSPS) is 25.0. The Hall–Kier alpha value is -0.710. The average molecular weight is 257 g/mol. The van der Waals surface area contributed by atoms with E-state index in [1.807, 2.05) is 6.92 Å². The minimum atomic E-state index is -1.01. The van der Waals surface area contributed by atoms with Gasteiger partial charge in [-0.1, -0.05) is 6.92 Å². The predicted octanol–water partition coefficient (Wildman–Crippen LogP) is 1.50. The summed E-state index contributed by atoms with van der Waals surface area (Å²) in [5.41, 5.74) is -1.01. The molecule has 0 spiro atoms. The largest absolute Gasteiger partial charge is 0.480 e. The second-order valence-electron chi connectivity index (χ2n) is 5.11. The second kappa shape index (κ2) is 4.88. The summed E-state index contributed by atoms with van der Waals surface area (Å²) in [7, 11) is 0. The van der Waals surface area contributed by atoms with Gasteiger partial charge < -0.3 is 10.4 Å². The molecule has 2 N–H and O–H groups in total. The summed E-state index contributed by atoms with van der Waals surface area (Å²) in [5.74, 6) is 1.09. The van der Waals surface area contributed by atoms with Crippen LogP contribution in [0.2, 0.25) is 0 Å². The molecule has 5 heteroatoms. The van der Waals surface area contributed by atoms with Crippen LogP contribution in [0, 0.1) is 11.8 Å². The molecule has 2 aliphatic rings. The fraction of sp³-hybridized carbons (Fsp3) is 0.833. The van der Waals surface area contributed by atoms with Gasteiger partial charge in [0.25, 0.3) is 0 Å². The van der Waals surface area contributed by atoms with Crippen molar-refractivity contribution in [2.75, 3.05) is 11.5 Å². The number of amides is 1. The maximum Gasteiger partial charge on any atom is 0.329 e. The number of hydrogen-bond acceptors (Lipinski definition) is 3. The van der Waals surface area contributed by atoms with Gasteiger partial charge in [0.1, 0.15) is 5.54 Å². The summed E-state index contributed by atoms with van der Waals surface area (Å²) in [6, 6.07) is 0. The molecule has 4 nitrogen and oxygen atoms in total. The second-order valence-corrected chi connectivity index (χ2v) is 6.34. The number of aliphatic carboxylic acids is 1. The van der Waals surface area contributed by atoms with Gasteiger partial charge in [-0.25, -0.2) is 4.79 Å². The molecule has 96 valence electrons. The van der Waals surface area contributed by atoms with Gasteiger partial charge in [-0.2, -0.15) is 11.8 Å². The van der Waals surface area contributed by atoms with Gasteiger partial charge >= 0.3 is 5.97 Å². The Morgan fingerprint density at radius 1 is 1.35 bits per heavy atom. The first-order valence-electron chi connectivity index (χ1n) is 6.18. The van der Waals surface area contributed by atoms with Gasteiger partial charge in [0.05, 0.1) is 0 Å². The summed E-state index contributed by atoms with van der Waals surface area (Å²) >= 11 is 1.75. The van der Waals surface area contributed by atoms with E-state index in [2.05, 4.69) is 5.32 Å². The molecule has 1 saturated heterocycles. The van der Waals surface area contributed by atoms with Crippen LogP contribution < -0.4 is 5.32 Å². The Kier molecular flexibility index (Phi) is 3.66. The zero-order valence-electron chi connectivity index (χ0n) is 10.1. The van der Waals surface area contributed by atoms with E-state index in [-0.39, 0.29) is 11.8 Å². The fourth-order valence-corrected chi connectivity index (χ4v) is 3.46. The molecule has 1 heterocycles. The van der Waals surface area contributed by atoms with Crippen molar-refractivity contribution in [3.8, 4) is 0 Å². The maximum absolute atomic E-state index is 12.0. The maximum atomic E-state index is 12.0. The smallest absolute Gasteiger partial charge is 0.329 e. The molecular formula is C12H19NO3S. The van der Waals surface area contributed by atoms with E-state index in [1.54, 1.807) is 11.8 Å². The van der Waals surface area contributed by atoms with E-state index in [4.69, 9.17) is 0 Å². The van der Waals surface area contributed by atoms with Crippen molar-refractivity contribution in [1.29, 1.82) is 0 Å². The van der Waals surface area contributed by atoms with Crippen LogP contribution in [0.15, 0.2) is 0 Å². The quantitative estimate of drug-likeness (QED) is 0.801. The molecule has 17 heavy (non-hydrogen) atoms. The highest BCUT2D eigenvalue weighted by Gasteiger charge is 2.43. The Labute approximate surface area is 106 Å². The topological polar surface area (TPSA) is 66.4 Å². The fourth-order valence-electron chi connectivity index (χ4n) is 2.27. The first-order valence-corrected chi connectivity index (χ1v) is 7.34. The van der Waals surface area contributed by atoms with Crippen LogP contribution in [-0.4, -0.2) is 34.0 Å². The van der Waals surface area contributed by atoms with Crippen molar-refractivity contribution >= 4 is 23.6 Å². The third kappa shape index (κ3) is 2.76. The minimum Gasteiger partial charge on any atom is -0.480 e. The summed E-state index contributed by atoms with van der Waals surface area (Å²) in [6.07, 6.45) is 3.28. The minimum absolute atomic E-state index is 0.0409. The first-order chi connectivity index (χ1) is 8.05. The van der Waals surface area contributed by atoms with Gasteiger partial charge in [0, 0.05) is 5.92 Å². The molecule has 1 aliphatic carbocycles. The molecule has 2 rings (SSSR count). The highest BCUT2D eigenvalue weighted by molar-refractivity contribution is 7.99. The summed E-state index contributed by atoms with van der Waals surface area (Å²) in [4.78, 5) is 23.4. The zero-order valence-corrected chi connectivity index (χ0v) is 10.9. The highest BCUT2D eigenvalue weighted by atomic mass is 32.2. The zero-order chi connectivity index (χ0) is 12.5. The van der Waals surface area contributed by atoms with Crippen molar-refractivity contribution in [3.05, 3.63) is 0 Å². The van der Waals surface area contributed by atoms with E-state index in [0.29, 0.717) is 18.8 Å². The lowest BCUT2D eigenvalue weighted by molar-refractivity contribution is -0.148. The van der Waals surface area contributed by atoms with E-state index in [1.165, 1.54) is 0 Å². The van der Waals surface area contributed by atoms with Crippen LogP contribution >= 0.6 is 11.8 Å². The number of thioether (sulfide) groups is 1. The molecule has 1 saturated carbocycles. The molecular weight excluding hydrogens is 238 g/mol. The molecule has 2 fully saturated rings. The number of carbonyl (C=O) groups excluding carboxylic acids is 1. The van der Waals surface area contributed by atoms with Crippen molar-refractivity contribution in [2.24, 2.45) is 11.8 Å². The van der Waals surface area contributed by atoms with Gasteiger partial charge in [-0.3, -0.25) is 4.79 Å². The number of carbonyl (C=O) groups is 2. The van der Waals surface area contributed by atoms with Crippen LogP contribution in [0.5, 0.6) is 0 Å². The standard InChI is InChI=1S/C12H19NO3S/c1-8(9-2-3-9)10(14)13-12(11(15)16)4-6-17-7-5-12/h8-9H,2-7H2,1H3,(H,13,14)(H,15,16). The van der Waals surface area contributed by atoms with Gasteiger partial charge in [-0.05, 0) is 43.1 Å². The van der Waals surface area contributed by atoms with Gasteiger partial charge in [0.2, 0.25) is 5.91 Å². The predicted molar refractivity (Wildman–Crippen MR) is 67.0 cm³/mol. The number of carboxylic acids is 1. The number of nitrogens with one attached hydrogen (secondary N) is 1.